The standard InChI is InChI=1S/C16H28N4O/c1-5-10-20-11-7-13(8-12-20)18-15-14(19(2)3)6-9-17-16(15)21-4/h6,9,13,18H,5,7-8,10-12H2,1-4H3. The molecule has 2 rings (SSSR count). The molecule has 118 valence electrons. The molecule has 0 bridgehead atoms. The van der Waals surface area contributed by atoms with Crippen LogP contribution in [0.4, 0.5) is 11.4 Å². The number of nitrogens with one attached hydrogen (secondary N) is 1. The molecule has 1 aliphatic rings. The number of likely N-dealkylation sites (tertiary alicyclic amines) is 1. The summed E-state index contributed by atoms with van der Waals surface area (Å²) in [6.07, 6.45) is 5.37. The SMILES string of the molecule is CCCN1CCC(Nc2c(N(C)C)ccnc2OC)CC1. The Morgan fingerprint density at radius 2 is 2.10 bits per heavy atom. The molecule has 0 unspecified atom stereocenters. The molecule has 5 nitrogen and oxygen atoms in total. The third-order valence-electron chi connectivity index (χ3n) is 4.05. The lowest BCUT2D eigenvalue weighted by Gasteiger charge is -2.33. The van der Waals surface area contributed by atoms with E-state index < -0.39 is 0 Å². The number of hydrogen-bond acceptors (Lipinski definition) is 5. The van der Waals surface area contributed by atoms with Crippen LogP contribution in [0.1, 0.15) is 26.2 Å². The summed E-state index contributed by atoms with van der Waals surface area (Å²) in [7, 11) is 5.77. The Morgan fingerprint density at radius 3 is 2.67 bits per heavy atom. The minimum atomic E-state index is 0.495. The molecule has 0 saturated carbocycles. The third-order valence-corrected chi connectivity index (χ3v) is 4.05. The zero-order valence-electron chi connectivity index (χ0n) is 13.7. The van der Waals surface area contributed by atoms with E-state index in [1.807, 2.05) is 20.2 Å². The van der Waals surface area contributed by atoms with E-state index in [1.54, 1.807) is 13.3 Å². The second-order valence-corrected chi connectivity index (χ2v) is 5.87. The molecule has 1 aromatic rings. The van der Waals surface area contributed by atoms with Gasteiger partial charge in [0.25, 0.3) is 0 Å². The Kier molecular flexibility index (Phi) is 5.67. The molecule has 0 aromatic carbocycles. The Labute approximate surface area is 128 Å². The highest BCUT2D eigenvalue weighted by Gasteiger charge is 2.21. The molecule has 1 N–H and O–H groups in total. The fourth-order valence-electron chi connectivity index (χ4n) is 2.92. The maximum absolute atomic E-state index is 5.43. The van der Waals surface area contributed by atoms with E-state index in [0.29, 0.717) is 11.9 Å². The number of rotatable bonds is 6. The average molecular weight is 292 g/mol. The second kappa shape index (κ2) is 7.50. The quantitative estimate of drug-likeness (QED) is 0.872. The van der Waals surface area contributed by atoms with Gasteiger partial charge in [-0.3, -0.25) is 0 Å². The number of anilines is 2. The highest BCUT2D eigenvalue weighted by atomic mass is 16.5. The number of methoxy groups -OCH3 is 1. The van der Waals surface area contributed by atoms with Gasteiger partial charge in [-0.25, -0.2) is 4.98 Å². The van der Waals surface area contributed by atoms with Crippen molar-refractivity contribution >= 4 is 11.4 Å². The summed E-state index contributed by atoms with van der Waals surface area (Å²) < 4.78 is 5.43. The number of ether oxygens (including phenoxy) is 1. The number of aromatic nitrogens is 1. The summed E-state index contributed by atoms with van der Waals surface area (Å²) in [6, 6.07) is 2.52. The van der Waals surface area contributed by atoms with Crippen molar-refractivity contribution in [1.29, 1.82) is 0 Å². The van der Waals surface area contributed by atoms with Gasteiger partial charge in [-0.1, -0.05) is 6.92 Å². The number of nitrogens with zero attached hydrogens (tertiary/aromatic N) is 3. The first-order valence-electron chi connectivity index (χ1n) is 7.85. The average Bonchev–Trinajstić information content (AvgIpc) is 2.49. The van der Waals surface area contributed by atoms with Crippen molar-refractivity contribution in [2.75, 3.05) is 51.1 Å². The van der Waals surface area contributed by atoms with E-state index in [2.05, 4.69) is 27.0 Å². The summed E-state index contributed by atoms with van der Waals surface area (Å²) in [4.78, 5) is 8.97. The van der Waals surface area contributed by atoms with E-state index in [-0.39, 0.29) is 0 Å². The molecule has 0 atom stereocenters. The lowest BCUT2D eigenvalue weighted by Crippen LogP contribution is -2.39. The summed E-state index contributed by atoms with van der Waals surface area (Å²) in [6.45, 7) is 5.80. The molecule has 5 heteroatoms. The number of piperidine rings is 1. The Bertz CT molecular complexity index is 442. The number of hydrogen-bond donors (Lipinski definition) is 1. The number of pyridine rings is 1. The van der Waals surface area contributed by atoms with Gasteiger partial charge in [-0.05, 0) is 31.9 Å². The fraction of sp³-hybridized carbons (Fsp3) is 0.688. The topological polar surface area (TPSA) is 40.6 Å². The van der Waals surface area contributed by atoms with Gasteiger partial charge in [0.1, 0.15) is 5.69 Å². The van der Waals surface area contributed by atoms with Crippen LogP contribution >= 0.6 is 0 Å². The highest BCUT2D eigenvalue weighted by molar-refractivity contribution is 5.74. The van der Waals surface area contributed by atoms with Gasteiger partial charge >= 0.3 is 0 Å². The minimum Gasteiger partial charge on any atom is -0.479 e. The van der Waals surface area contributed by atoms with Gasteiger partial charge < -0.3 is 19.9 Å². The van der Waals surface area contributed by atoms with Crippen LogP contribution in [-0.4, -0.2) is 56.8 Å². The van der Waals surface area contributed by atoms with Gasteiger partial charge in [0.05, 0.1) is 12.8 Å². The van der Waals surface area contributed by atoms with Crippen LogP contribution in [0.3, 0.4) is 0 Å². The summed E-state index contributed by atoms with van der Waals surface area (Å²) in [5, 5.41) is 3.66. The van der Waals surface area contributed by atoms with E-state index in [1.165, 1.54) is 38.9 Å². The van der Waals surface area contributed by atoms with Crippen molar-refractivity contribution in [2.45, 2.75) is 32.2 Å². The van der Waals surface area contributed by atoms with Crippen molar-refractivity contribution in [1.82, 2.24) is 9.88 Å². The summed E-state index contributed by atoms with van der Waals surface area (Å²) in [5.74, 6) is 0.678. The molecule has 0 amide bonds. The molecule has 0 spiro atoms. The van der Waals surface area contributed by atoms with Crippen LogP contribution in [0.2, 0.25) is 0 Å². The summed E-state index contributed by atoms with van der Waals surface area (Å²) >= 11 is 0. The van der Waals surface area contributed by atoms with Crippen LogP contribution in [0.25, 0.3) is 0 Å². The van der Waals surface area contributed by atoms with Gasteiger partial charge in [-0.2, -0.15) is 0 Å². The predicted octanol–water partition coefficient (Wildman–Crippen LogP) is 2.44. The molecule has 1 saturated heterocycles. The van der Waals surface area contributed by atoms with Crippen LogP contribution in [0.15, 0.2) is 12.3 Å². The van der Waals surface area contributed by atoms with Crippen LogP contribution in [0.5, 0.6) is 5.88 Å². The Hall–Kier alpha value is -1.49. The third kappa shape index (κ3) is 4.00. The first-order valence-corrected chi connectivity index (χ1v) is 7.85. The minimum absolute atomic E-state index is 0.495. The predicted molar refractivity (Wildman–Crippen MR) is 88.5 cm³/mol. The summed E-state index contributed by atoms with van der Waals surface area (Å²) in [5.41, 5.74) is 2.14. The van der Waals surface area contributed by atoms with Crippen molar-refractivity contribution in [2.24, 2.45) is 0 Å². The molecule has 1 aromatic heterocycles. The van der Waals surface area contributed by atoms with Crippen molar-refractivity contribution in [3.63, 3.8) is 0 Å². The fourth-order valence-corrected chi connectivity index (χ4v) is 2.92. The molecular formula is C16H28N4O. The monoisotopic (exact) mass is 292 g/mol. The Morgan fingerprint density at radius 1 is 1.38 bits per heavy atom. The van der Waals surface area contributed by atoms with Crippen molar-refractivity contribution < 1.29 is 4.74 Å². The van der Waals surface area contributed by atoms with Crippen LogP contribution in [0, 0.1) is 0 Å². The molecule has 21 heavy (non-hydrogen) atoms. The van der Waals surface area contributed by atoms with E-state index in [0.717, 1.165) is 11.4 Å². The molecule has 1 aliphatic heterocycles. The Balaban J connectivity index is 2.06. The smallest absolute Gasteiger partial charge is 0.239 e. The lowest BCUT2D eigenvalue weighted by molar-refractivity contribution is 0.219. The van der Waals surface area contributed by atoms with E-state index in [4.69, 9.17) is 4.74 Å². The highest BCUT2D eigenvalue weighted by Crippen LogP contribution is 2.33. The van der Waals surface area contributed by atoms with Crippen LogP contribution in [-0.2, 0) is 0 Å². The van der Waals surface area contributed by atoms with Gasteiger partial charge in [0, 0.05) is 39.4 Å². The van der Waals surface area contributed by atoms with E-state index in [9.17, 15) is 0 Å². The lowest BCUT2D eigenvalue weighted by atomic mass is 10.0. The van der Waals surface area contributed by atoms with Gasteiger partial charge in [0.15, 0.2) is 0 Å². The molecule has 0 aliphatic carbocycles. The zero-order valence-corrected chi connectivity index (χ0v) is 13.7. The molecule has 2 heterocycles. The largest absolute Gasteiger partial charge is 0.479 e. The second-order valence-electron chi connectivity index (χ2n) is 5.87. The first kappa shape index (κ1) is 15.9. The first-order chi connectivity index (χ1) is 10.2. The maximum Gasteiger partial charge on any atom is 0.239 e. The normalized spacial score (nSPS) is 16.8. The molecule has 0 radical (unpaired) electrons. The zero-order chi connectivity index (χ0) is 15.2. The maximum atomic E-state index is 5.43. The molecule has 1 fully saturated rings. The molecular weight excluding hydrogens is 264 g/mol. The van der Waals surface area contributed by atoms with Gasteiger partial charge in [0.2, 0.25) is 5.88 Å². The van der Waals surface area contributed by atoms with Gasteiger partial charge in [-0.15, -0.1) is 0 Å². The van der Waals surface area contributed by atoms with E-state index >= 15 is 0 Å². The van der Waals surface area contributed by atoms with Crippen molar-refractivity contribution in [3.8, 4) is 5.88 Å². The van der Waals surface area contributed by atoms with Crippen LogP contribution < -0.4 is 15.0 Å². The van der Waals surface area contributed by atoms with Crippen molar-refractivity contribution in [3.05, 3.63) is 12.3 Å².